The smallest absolute Gasteiger partial charge is 0.134 e. The van der Waals surface area contributed by atoms with E-state index in [1.165, 1.54) is 5.69 Å². The molecule has 4 nitrogen and oxygen atoms in total. The van der Waals surface area contributed by atoms with E-state index in [1.54, 1.807) is 18.9 Å². The lowest BCUT2D eigenvalue weighted by Crippen LogP contribution is -2.03. The predicted octanol–water partition coefficient (Wildman–Crippen LogP) is 3.35. The molecule has 0 aliphatic rings. The molecule has 2 aromatic rings. The molecule has 2 rings (SSSR count). The maximum absolute atomic E-state index is 5.75. The number of nitrogen functional groups attached to an aromatic ring is 1. The first-order valence-electron chi connectivity index (χ1n) is 6.19. The highest BCUT2D eigenvalue weighted by Crippen LogP contribution is 2.33. The summed E-state index contributed by atoms with van der Waals surface area (Å²) in [5.74, 6) is 1.68. The van der Waals surface area contributed by atoms with Crippen molar-refractivity contribution < 1.29 is 4.74 Å². The van der Waals surface area contributed by atoms with Gasteiger partial charge >= 0.3 is 0 Å². The van der Waals surface area contributed by atoms with Gasteiger partial charge in [-0.1, -0.05) is 0 Å². The van der Waals surface area contributed by atoms with Crippen molar-refractivity contribution in [1.29, 1.82) is 0 Å². The maximum atomic E-state index is 5.75. The minimum atomic E-state index is 0.423. The molecule has 1 heterocycles. The Morgan fingerprint density at radius 2 is 2.21 bits per heavy atom. The van der Waals surface area contributed by atoms with Crippen LogP contribution in [0.3, 0.4) is 0 Å². The van der Waals surface area contributed by atoms with Crippen molar-refractivity contribution in [3.63, 3.8) is 0 Å². The lowest BCUT2D eigenvalue weighted by atomic mass is 10.3. The van der Waals surface area contributed by atoms with Crippen LogP contribution in [0.15, 0.2) is 35.6 Å². The van der Waals surface area contributed by atoms with Crippen LogP contribution >= 0.6 is 11.8 Å². The molecule has 0 amide bonds. The van der Waals surface area contributed by atoms with Gasteiger partial charge in [0.15, 0.2) is 0 Å². The molecule has 0 bridgehead atoms. The summed E-state index contributed by atoms with van der Waals surface area (Å²) in [6.07, 6.45) is 3.79. The topological polar surface area (TPSA) is 53.1 Å². The maximum Gasteiger partial charge on any atom is 0.134 e. The fourth-order valence-corrected chi connectivity index (χ4v) is 2.84. The van der Waals surface area contributed by atoms with Gasteiger partial charge in [-0.3, -0.25) is 0 Å². The molecule has 102 valence electrons. The number of anilines is 1. The number of rotatable bonds is 5. The molecule has 0 fully saturated rings. The van der Waals surface area contributed by atoms with Crippen LogP contribution in [0.1, 0.15) is 25.6 Å². The SMILES string of the molecule is COc1cc(N)ccc1SCc1cncn1C(C)C. The van der Waals surface area contributed by atoms with E-state index in [0.717, 1.165) is 16.4 Å². The average Bonchev–Trinajstić information content (AvgIpc) is 2.85. The summed E-state index contributed by atoms with van der Waals surface area (Å²) >= 11 is 1.73. The Bertz CT molecular complexity index is 551. The van der Waals surface area contributed by atoms with Crippen molar-refractivity contribution in [3.8, 4) is 5.75 Å². The zero-order chi connectivity index (χ0) is 13.8. The molecule has 19 heavy (non-hydrogen) atoms. The minimum absolute atomic E-state index is 0.423. The van der Waals surface area contributed by atoms with Gasteiger partial charge in [-0.2, -0.15) is 0 Å². The van der Waals surface area contributed by atoms with Crippen LogP contribution in [-0.2, 0) is 5.75 Å². The minimum Gasteiger partial charge on any atom is -0.496 e. The molecule has 0 atom stereocenters. The van der Waals surface area contributed by atoms with Crippen LogP contribution in [0.5, 0.6) is 5.75 Å². The highest BCUT2D eigenvalue weighted by Gasteiger charge is 2.08. The molecule has 0 unspecified atom stereocenters. The van der Waals surface area contributed by atoms with E-state index in [0.29, 0.717) is 11.7 Å². The highest BCUT2D eigenvalue weighted by atomic mass is 32.2. The second-order valence-corrected chi connectivity index (χ2v) is 5.60. The number of methoxy groups -OCH3 is 1. The Hall–Kier alpha value is -1.62. The number of nitrogens with two attached hydrogens (primary N) is 1. The first-order chi connectivity index (χ1) is 9.11. The molecule has 0 spiro atoms. The number of hydrogen-bond acceptors (Lipinski definition) is 4. The number of aromatic nitrogens is 2. The van der Waals surface area contributed by atoms with Crippen LogP contribution < -0.4 is 10.5 Å². The van der Waals surface area contributed by atoms with E-state index in [-0.39, 0.29) is 0 Å². The molecule has 0 radical (unpaired) electrons. The van der Waals surface area contributed by atoms with Crippen molar-refractivity contribution in [3.05, 3.63) is 36.4 Å². The fourth-order valence-electron chi connectivity index (χ4n) is 1.86. The molecule has 1 aromatic carbocycles. The number of hydrogen-bond donors (Lipinski definition) is 1. The van der Waals surface area contributed by atoms with Gasteiger partial charge in [-0.05, 0) is 26.0 Å². The van der Waals surface area contributed by atoms with Crippen LogP contribution in [-0.4, -0.2) is 16.7 Å². The van der Waals surface area contributed by atoms with Crippen molar-refractivity contribution in [2.75, 3.05) is 12.8 Å². The van der Waals surface area contributed by atoms with Crippen LogP contribution in [0.4, 0.5) is 5.69 Å². The van der Waals surface area contributed by atoms with E-state index in [1.807, 2.05) is 30.7 Å². The van der Waals surface area contributed by atoms with Crippen molar-refractivity contribution in [2.24, 2.45) is 0 Å². The highest BCUT2D eigenvalue weighted by molar-refractivity contribution is 7.98. The second kappa shape index (κ2) is 6.02. The summed E-state index contributed by atoms with van der Waals surface area (Å²) in [5.41, 5.74) is 7.68. The summed E-state index contributed by atoms with van der Waals surface area (Å²) in [6.45, 7) is 4.30. The van der Waals surface area contributed by atoms with Crippen molar-refractivity contribution >= 4 is 17.4 Å². The summed E-state index contributed by atoms with van der Waals surface area (Å²) < 4.78 is 7.53. The Morgan fingerprint density at radius 1 is 1.42 bits per heavy atom. The summed E-state index contributed by atoms with van der Waals surface area (Å²) in [4.78, 5) is 5.30. The van der Waals surface area contributed by atoms with Gasteiger partial charge < -0.3 is 15.0 Å². The Labute approximate surface area is 118 Å². The Kier molecular flexibility index (Phi) is 4.37. The largest absolute Gasteiger partial charge is 0.496 e. The molecule has 2 N–H and O–H groups in total. The summed E-state index contributed by atoms with van der Waals surface area (Å²) in [5, 5.41) is 0. The normalized spacial score (nSPS) is 10.9. The fraction of sp³-hybridized carbons (Fsp3) is 0.357. The summed E-state index contributed by atoms with van der Waals surface area (Å²) in [7, 11) is 1.66. The molecule has 1 aromatic heterocycles. The van der Waals surface area contributed by atoms with Gasteiger partial charge in [-0.25, -0.2) is 4.98 Å². The molecular weight excluding hydrogens is 258 g/mol. The molecule has 0 saturated carbocycles. The van der Waals surface area contributed by atoms with Crippen LogP contribution in [0.25, 0.3) is 0 Å². The van der Waals surface area contributed by atoms with Crippen molar-refractivity contribution in [1.82, 2.24) is 9.55 Å². The van der Waals surface area contributed by atoms with E-state index in [2.05, 4.69) is 23.4 Å². The monoisotopic (exact) mass is 277 g/mol. The molecule has 5 heteroatoms. The standard InChI is InChI=1S/C14H19N3OS/c1-10(2)17-9-16-7-12(17)8-19-14-5-4-11(15)6-13(14)18-3/h4-7,9-10H,8,15H2,1-3H3. The molecule has 0 aliphatic carbocycles. The lowest BCUT2D eigenvalue weighted by Gasteiger charge is -2.12. The number of imidazole rings is 1. The predicted molar refractivity (Wildman–Crippen MR) is 79.6 cm³/mol. The third-order valence-electron chi connectivity index (χ3n) is 2.87. The van der Waals surface area contributed by atoms with E-state index in [4.69, 9.17) is 10.5 Å². The molecular formula is C14H19N3OS. The van der Waals surface area contributed by atoms with E-state index < -0.39 is 0 Å². The van der Waals surface area contributed by atoms with Gasteiger partial charge in [0.05, 0.1) is 13.4 Å². The second-order valence-electron chi connectivity index (χ2n) is 4.58. The quantitative estimate of drug-likeness (QED) is 0.672. The zero-order valence-corrected chi connectivity index (χ0v) is 12.3. The van der Waals surface area contributed by atoms with Gasteiger partial charge in [-0.15, -0.1) is 11.8 Å². The number of benzene rings is 1. The van der Waals surface area contributed by atoms with Gasteiger partial charge in [0.25, 0.3) is 0 Å². The first kappa shape index (κ1) is 13.8. The lowest BCUT2D eigenvalue weighted by molar-refractivity contribution is 0.405. The van der Waals surface area contributed by atoms with E-state index >= 15 is 0 Å². The first-order valence-corrected chi connectivity index (χ1v) is 7.17. The number of nitrogens with zero attached hydrogens (tertiary/aromatic N) is 2. The van der Waals surface area contributed by atoms with Crippen LogP contribution in [0.2, 0.25) is 0 Å². The molecule has 0 saturated heterocycles. The number of ether oxygens (including phenoxy) is 1. The molecule has 0 aliphatic heterocycles. The zero-order valence-electron chi connectivity index (χ0n) is 11.5. The van der Waals surface area contributed by atoms with Gasteiger partial charge in [0, 0.05) is 40.3 Å². The summed E-state index contributed by atoms with van der Waals surface area (Å²) in [6, 6.07) is 6.16. The van der Waals surface area contributed by atoms with Gasteiger partial charge in [0.1, 0.15) is 5.75 Å². The third-order valence-corrected chi connectivity index (χ3v) is 3.95. The van der Waals surface area contributed by atoms with Gasteiger partial charge in [0.2, 0.25) is 0 Å². The Balaban J connectivity index is 2.12. The average molecular weight is 277 g/mol. The van der Waals surface area contributed by atoms with Crippen LogP contribution in [0, 0.1) is 0 Å². The van der Waals surface area contributed by atoms with Crippen molar-refractivity contribution in [2.45, 2.75) is 30.5 Å². The number of thioether (sulfide) groups is 1. The third kappa shape index (κ3) is 3.23. The Morgan fingerprint density at radius 3 is 2.89 bits per heavy atom. The van der Waals surface area contributed by atoms with E-state index in [9.17, 15) is 0 Å².